The van der Waals surface area contributed by atoms with Gasteiger partial charge in [-0.3, -0.25) is 4.79 Å². The highest BCUT2D eigenvalue weighted by Gasteiger charge is 2.26. The first-order chi connectivity index (χ1) is 14.0. The first-order valence-corrected chi connectivity index (χ1v) is 12.0. The first-order valence-electron chi connectivity index (χ1n) is 10.2. The molecule has 0 radical (unpaired) electrons. The molecule has 0 bridgehead atoms. The van der Waals surface area contributed by atoms with E-state index in [1.54, 1.807) is 27.7 Å². The van der Waals surface area contributed by atoms with Crippen molar-refractivity contribution in [1.82, 2.24) is 19.2 Å². The Morgan fingerprint density at radius 3 is 2.72 bits per heavy atom. The zero-order valence-corrected chi connectivity index (χ0v) is 18.6. The van der Waals surface area contributed by atoms with Gasteiger partial charge in [0.2, 0.25) is 5.78 Å². The lowest BCUT2D eigenvalue weighted by Crippen LogP contribution is -2.21. The SMILES string of the molecule is Cc1ccc(-n2c(=O)c3c4c(sc3n3c(SCCC(C)C)nnc23)CCC4)cc1. The van der Waals surface area contributed by atoms with Crippen LogP contribution in [0.3, 0.4) is 0 Å². The van der Waals surface area contributed by atoms with E-state index >= 15 is 0 Å². The van der Waals surface area contributed by atoms with E-state index < -0.39 is 0 Å². The Bertz CT molecular complexity index is 1260. The van der Waals surface area contributed by atoms with Crippen molar-refractivity contribution in [3.63, 3.8) is 0 Å². The molecule has 0 saturated carbocycles. The van der Waals surface area contributed by atoms with E-state index in [0.717, 1.165) is 52.5 Å². The molecule has 7 heteroatoms. The summed E-state index contributed by atoms with van der Waals surface area (Å²) in [6.45, 7) is 6.52. The van der Waals surface area contributed by atoms with E-state index in [9.17, 15) is 4.79 Å². The van der Waals surface area contributed by atoms with Crippen molar-refractivity contribution >= 4 is 39.1 Å². The molecule has 3 heterocycles. The van der Waals surface area contributed by atoms with Gasteiger partial charge >= 0.3 is 0 Å². The topological polar surface area (TPSA) is 52.2 Å². The lowest BCUT2D eigenvalue weighted by atomic mass is 10.2. The molecule has 1 aliphatic rings. The fourth-order valence-electron chi connectivity index (χ4n) is 3.96. The summed E-state index contributed by atoms with van der Waals surface area (Å²) >= 11 is 3.48. The predicted octanol–water partition coefficient (Wildman–Crippen LogP) is 5.03. The molecule has 0 aliphatic heterocycles. The second-order valence-electron chi connectivity index (χ2n) is 8.16. The minimum atomic E-state index is 0.0295. The Kier molecular flexibility index (Phi) is 4.75. The summed E-state index contributed by atoms with van der Waals surface area (Å²) in [6.07, 6.45) is 4.32. The van der Waals surface area contributed by atoms with Gasteiger partial charge in [-0.15, -0.1) is 21.5 Å². The molecule has 1 aliphatic carbocycles. The van der Waals surface area contributed by atoms with Crippen LogP contribution < -0.4 is 5.56 Å². The average molecular weight is 425 g/mol. The fraction of sp³-hybridized carbons (Fsp3) is 0.409. The molecule has 0 fully saturated rings. The van der Waals surface area contributed by atoms with Crippen LogP contribution in [0.15, 0.2) is 34.2 Å². The predicted molar refractivity (Wildman–Crippen MR) is 121 cm³/mol. The van der Waals surface area contributed by atoms with Crippen LogP contribution in [-0.2, 0) is 12.8 Å². The number of thioether (sulfide) groups is 1. The van der Waals surface area contributed by atoms with Gasteiger partial charge in [-0.05, 0) is 56.2 Å². The fourth-order valence-corrected chi connectivity index (χ4v) is 6.57. The molecule has 3 aromatic heterocycles. The Labute approximate surface area is 177 Å². The molecule has 4 aromatic rings. The highest BCUT2D eigenvalue weighted by Crippen LogP contribution is 2.37. The molecule has 0 saturated heterocycles. The third-order valence-corrected chi connectivity index (χ3v) is 7.80. The maximum absolute atomic E-state index is 13.6. The van der Waals surface area contributed by atoms with Crippen molar-refractivity contribution in [2.75, 3.05) is 5.75 Å². The van der Waals surface area contributed by atoms with E-state index in [4.69, 9.17) is 0 Å². The highest BCUT2D eigenvalue weighted by molar-refractivity contribution is 7.99. The van der Waals surface area contributed by atoms with E-state index in [2.05, 4.69) is 35.4 Å². The molecule has 0 N–H and O–H groups in total. The summed E-state index contributed by atoms with van der Waals surface area (Å²) in [6, 6.07) is 8.06. The zero-order chi connectivity index (χ0) is 20.1. The van der Waals surface area contributed by atoms with Crippen LogP contribution in [0.4, 0.5) is 0 Å². The molecule has 0 amide bonds. The highest BCUT2D eigenvalue weighted by atomic mass is 32.2. The minimum Gasteiger partial charge on any atom is -0.268 e. The normalized spacial score (nSPS) is 13.8. The number of benzene rings is 1. The summed E-state index contributed by atoms with van der Waals surface area (Å²) in [5.41, 5.74) is 3.28. The summed E-state index contributed by atoms with van der Waals surface area (Å²) in [5.74, 6) is 2.26. The second-order valence-corrected chi connectivity index (χ2v) is 10.3. The molecule has 0 atom stereocenters. The van der Waals surface area contributed by atoms with Crippen LogP contribution >= 0.6 is 23.1 Å². The van der Waals surface area contributed by atoms with Crippen LogP contribution in [0.25, 0.3) is 21.7 Å². The number of thiophene rings is 1. The van der Waals surface area contributed by atoms with Crippen molar-refractivity contribution in [2.45, 2.75) is 51.6 Å². The van der Waals surface area contributed by atoms with E-state index in [1.807, 2.05) is 24.3 Å². The van der Waals surface area contributed by atoms with Gasteiger partial charge in [0.25, 0.3) is 5.56 Å². The molecule has 0 unspecified atom stereocenters. The lowest BCUT2D eigenvalue weighted by Gasteiger charge is -2.10. The van der Waals surface area contributed by atoms with Gasteiger partial charge in [0.15, 0.2) is 5.16 Å². The average Bonchev–Trinajstić information content (AvgIpc) is 3.37. The molecule has 150 valence electrons. The van der Waals surface area contributed by atoms with Gasteiger partial charge in [-0.2, -0.15) is 0 Å². The molecular formula is C22H24N4OS2. The number of hydrogen-bond donors (Lipinski definition) is 0. The lowest BCUT2D eigenvalue weighted by molar-refractivity contribution is 0.631. The van der Waals surface area contributed by atoms with Gasteiger partial charge in [-0.1, -0.05) is 43.3 Å². The third kappa shape index (κ3) is 3.11. The summed E-state index contributed by atoms with van der Waals surface area (Å²) in [4.78, 5) is 16.0. The van der Waals surface area contributed by atoms with Gasteiger partial charge < -0.3 is 0 Å². The van der Waals surface area contributed by atoms with Crippen molar-refractivity contribution in [3.8, 4) is 5.69 Å². The van der Waals surface area contributed by atoms with Crippen molar-refractivity contribution in [3.05, 3.63) is 50.6 Å². The van der Waals surface area contributed by atoms with Crippen LogP contribution in [-0.4, -0.2) is 24.9 Å². The number of nitrogens with zero attached hydrogens (tertiary/aromatic N) is 4. The molecule has 5 rings (SSSR count). The smallest absolute Gasteiger partial charge is 0.268 e. The van der Waals surface area contributed by atoms with Crippen LogP contribution in [0.1, 0.15) is 42.7 Å². The van der Waals surface area contributed by atoms with Crippen molar-refractivity contribution in [1.29, 1.82) is 0 Å². The number of hydrogen-bond acceptors (Lipinski definition) is 5. The van der Waals surface area contributed by atoms with Crippen LogP contribution in [0.5, 0.6) is 0 Å². The summed E-state index contributed by atoms with van der Waals surface area (Å²) in [5, 5.41) is 10.7. The third-order valence-electron chi connectivity index (χ3n) is 5.56. The molecule has 1 aromatic carbocycles. The van der Waals surface area contributed by atoms with Gasteiger partial charge in [0.05, 0.1) is 11.1 Å². The van der Waals surface area contributed by atoms with E-state index in [-0.39, 0.29) is 5.56 Å². The Morgan fingerprint density at radius 1 is 1.17 bits per heavy atom. The molecular weight excluding hydrogens is 400 g/mol. The second kappa shape index (κ2) is 7.29. The monoisotopic (exact) mass is 424 g/mol. The largest absolute Gasteiger partial charge is 0.268 e. The quantitative estimate of drug-likeness (QED) is 0.422. The van der Waals surface area contributed by atoms with E-state index in [0.29, 0.717) is 11.7 Å². The maximum atomic E-state index is 13.6. The van der Waals surface area contributed by atoms with Gasteiger partial charge in [-0.25, -0.2) is 8.97 Å². The standard InChI is InChI=1S/C22H24N4OS2/c1-13(2)11-12-28-22-24-23-21-25(15-9-7-14(3)8-10-15)19(27)18-16-5-4-6-17(16)29-20(18)26(21)22/h7-10,13H,4-6,11-12H2,1-3H3. The Hall–Kier alpha value is -2.12. The van der Waals surface area contributed by atoms with Gasteiger partial charge in [0.1, 0.15) is 4.83 Å². The number of aryl methyl sites for hydroxylation is 3. The minimum absolute atomic E-state index is 0.0295. The van der Waals surface area contributed by atoms with Crippen molar-refractivity contribution < 1.29 is 0 Å². The molecule has 5 nitrogen and oxygen atoms in total. The first kappa shape index (κ1) is 18.9. The number of rotatable bonds is 5. The Balaban J connectivity index is 1.79. The van der Waals surface area contributed by atoms with E-state index in [1.165, 1.54) is 16.0 Å². The molecule has 0 spiro atoms. The number of fused-ring (bicyclic) bond motifs is 5. The Morgan fingerprint density at radius 2 is 1.97 bits per heavy atom. The summed E-state index contributed by atoms with van der Waals surface area (Å²) in [7, 11) is 0. The maximum Gasteiger partial charge on any atom is 0.268 e. The van der Waals surface area contributed by atoms with Gasteiger partial charge in [0, 0.05) is 10.6 Å². The summed E-state index contributed by atoms with van der Waals surface area (Å²) < 4.78 is 3.86. The van der Waals surface area contributed by atoms with Crippen LogP contribution in [0.2, 0.25) is 0 Å². The number of aromatic nitrogens is 4. The van der Waals surface area contributed by atoms with Crippen molar-refractivity contribution in [2.24, 2.45) is 5.92 Å². The van der Waals surface area contributed by atoms with Crippen LogP contribution in [0, 0.1) is 12.8 Å². The molecule has 29 heavy (non-hydrogen) atoms. The zero-order valence-electron chi connectivity index (χ0n) is 16.9.